The van der Waals surface area contributed by atoms with Crippen molar-refractivity contribution in [2.75, 3.05) is 0 Å². The fourth-order valence-electron chi connectivity index (χ4n) is 1.30. The first-order valence-corrected chi connectivity index (χ1v) is 5.17. The van der Waals surface area contributed by atoms with Gasteiger partial charge in [-0.1, -0.05) is 13.8 Å². The van der Waals surface area contributed by atoms with E-state index in [1.165, 1.54) is 4.68 Å². The number of aryl methyl sites for hydroxylation is 1. The summed E-state index contributed by atoms with van der Waals surface area (Å²) in [4.78, 5) is 10.9. The summed E-state index contributed by atoms with van der Waals surface area (Å²) < 4.78 is 1.99. The van der Waals surface area contributed by atoms with E-state index >= 15 is 0 Å². The highest BCUT2D eigenvalue weighted by molar-refractivity contribution is 9.10. The standard InChI is InChI=1S/C9H13BrN2O2/c1-5(2)4-6-7(10)8(9(13)14)12(3)11-6/h5H,4H2,1-3H3,(H,13,14). The molecule has 0 amide bonds. The molecular formula is C9H13BrN2O2. The van der Waals surface area contributed by atoms with Gasteiger partial charge in [-0.25, -0.2) is 4.79 Å². The van der Waals surface area contributed by atoms with Crippen LogP contribution in [0.4, 0.5) is 0 Å². The minimum atomic E-state index is -0.957. The van der Waals surface area contributed by atoms with Gasteiger partial charge in [0.05, 0.1) is 10.2 Å². The predicted octanol–water partition coefficient (Wildman–Crippen LogP) is 2.08. The minimum absolute atomic E-state index is 0.209. The van der Waals surface area contributed by atoms with Crippen LogP contribution < -0.4 is 0 Å². The molecule has 1 aromatic rings. The van der Waals surface area contributed by atoms with Crippen LogP contribution in [0.3, 0.4) is 0 Å². The summed E-state index contributed by atoms with van der Waals surface area (Å²) >= 11 is 3.27. The normalized spacial score (nSPS) is 10.9. The minimum Gasteiger partial charge on any atom is -0.476 e. The zero-order valence-corrected chi connectivity index (χ0v) is 10.00. The molecule has 1 rings (SSSR count). The van der Waals surface area contributed by atoms with Crippen molar-refractivity contribution in [3.8, 4) is 0 Å². The van der Waals surface area contributed by atoms with Gasteiger partial charge in [0.1, 0.15) is 0 Å². The highest BCUT2D eigenvalue weighted by Gasteiger charge is 2.19. The van der Waals surface area contributed by atoms with Crippen molar-refractivity contribution < 1.29 is 9.90 Å². The number of halogens is 1. The Bertz CT molecular complexity index is 358. The molecule has 1 N–H and O–H groups in total. The van der Waals surface area contributed by atoms with Crippen molar-refractivity contribution >= 4 is 21.9 Å². The number of aromatic nitrogens is 2. The SMILES string of the molecule is CC(C)Cc1nn(C)c(C(=O)O)c1Br. The van der Waals surface area contributed by atoms with Gasteiger partial charge in [-0.05, 0) is 28.3 Å². The summed E-state index contributed by atoms with van der Waals surface area (Å²) in [6.07, 6.45) is 0.779. The molecule has 78 valence electrons. The van der Waals surface area contributed by atoms with Gasteiger partial charge in [0.25, 0.3) is 0 Å². The fourth-order valence-corrected chi connectivity index (χ4v) is 1.97. The molecule has 1 heterocycles. The largest absolute Gasteiger partial charge is 0.476 e. The highest BCUT2D eigenvalue weighted by Crippen LogP contribution is 2.23. The van der Waals surface area contributed by atoms with Crippen LogP contribution in [0.15, 0.2) is 4.47 Å². The van der Waals surface area contributed by atoms with Gasteiger partial charge in [-0.15, -0.1) is 0 Å². The molecule has 4 nitrogen and oxygen atoms in total. The van der Waals surface area contributed by atoms with E-state index < -0.39 is 5.97 Å². The van der Waals surface area contributed by atoms with Crippen LogP contribution >= 0.6 is 15.9 Å². The summed E-state index contributed by atoms with van der Waals surface area (Å²) in [5.41, 5.74) is 1.01. The lowest BCUT2D eigenvalue weighted by molar-refractivity contribution is 0.0684. The van der Waals surface area contributed by atoms with Gasteiger partial charge in [-0.2, -0.15) is 5.10 Å². The first-order chi connectivity index (χ1) is 6.43. The Morgan fingerprint density at radius 2 is 2.21 bits per heavy atom. The lowest BCUT2D eigenvalue weighted by atomic mass is 10.1. The Morgan fingerprint density at radius 1 is 1.64 bits per heavy atom. The number of nitrogens with zero attached hydrogens (tertiary/aromatic N) is 2. The summed E-state index contributed by atoms with van der Waals surface area (Å²) in [6, 6.07) is 0. The number of hydrogen-bond acceptors (Lipinski definition) is 2. The van der Waals surface area contributed by atoms with Crippen LogP contribution in [-0.2, 0) is 13.5 Å². The number of carboxylic acids is 1. The second-order valence-corrected chi connectivity index (χ2v) is 4.43. The molecular weight excluding hydrogens is 248 g/mol. The summed E-state index contributed by atoms with van der Waals surface area (Å²) in [7, 11) is 1.64. The Morgan fingerprint density at radius 3 is 2.57 bits per heavy atom. The molecule has 0 spiro atoms. The fraction of sp³-hybridized carbons (Fsp3) is 0.556. The number of aromatic carboxylic acids is 1. The van der Waals surface area contributed by atoms with Crippen LogP contribution in [0.5, 0.6) is 0 Å². The van der Waals surface area contributed by atoms with Crippen LogP contribution in [-0.4, -0.2) is 20.9 Å². The highest BCUT2D eigenvalue weighted by atomic mass is 79.9. The monoisotopic (exact) mass is 260 g/mol. The van der Waals surface area contributed by atoms with Crippen molar-refractivity contribution in [2.45, 2.75) is 20.3 Å². The molecule has 1 aromatic heterocycles. The summed E-state index contributed by atoms with van der Waals surface area (Å²) in [5.74, 6) is -0.496. The van der Waals surface area contributed by atoms with Crippen molar-refractivity contribution in [3.63, 3.8) is 0 Å². The van der Waals surface area contributed by atoms with Crippen molar-refractivity contribution in [3.05, 3.63) is 15.9 Å². The maximum absolute atomic E-state index is 10.9. The van der Waals surface area contributed by atoms with E-state index in [0.29, 0.717) is 10.4 Å². The molecule has 0 aliphatic carbocycles. The maximum atomic E-state index is 10.9. The summed E-state index contributed by atoms with van der Waals surface area (Å²) in [5, 5.41) is 13.1. The smallest absolute Gasteiger partial charge is 0.355 e. The Labute approximate surface area is 91.1 Å². The number of hydrogen-bond donors (Lipinski definition) is 1. The molecule has 0 saturated heterocycles. The zero-order chi connectivity index (χ0) is 10.9. The molecule has 14 heavy (non-hydrogen) atoms. The third-order valence-corrected chi connectivity index (χ3v) is 2.69. The van der Waals surface area contributed by atoms with Crippen molar-refractivity contribution in [1.82, 2.24) is 9.78 Å². The maximum Gasteiger partial charge on any atom is 0.355 e. The number of rotatable bonds is 3. The van der Waals surface area contributed by atoms with Crippen LogP contribution in [0.1, 0.15) is 30.0 Å². The van der Waals surface area contributed by atoms with E-state index in [4.69, 9.17) is 5.11 Å². The Kier molecular flexibility index (Phi) is 3.31. The van der Waals surface area contributed by atoms with Gasteiger partial charge in [0.2, 0.25) is 0 Å². The molecule has 0 aliphatic heterocycles. The third-order valence-electron chi connectivity index (χ3n) is 1.86. The van der Waals surface area contributed by atoms with Gasteiger partial charge < -0.3 is 5.11 Å². The number of carbonyl (C=O) groups is 1. The second kappa shape index (κ2) is 4.13. The van der Waals surface area contributed by atoms with E-state index in [1.807, 2.05) is 0 Å². The predicted molar refractivity (Wildman–Crippen MR) is 56.4 cm³/mol. The van der Waals surface area contributed by atoms with Gasteiger partial charge in [-0.3, -0.25) is 4.68 Å². The Balaban J connectivity index is 3.10. The van der Waals surface area contributed by atoms with E-state index in [1.54, 1.807) is 7.05 Å². The van der Waals surface area contributed by atoms with E-state index in [0.717, 1.165) is 12.1 Å². The van der Waals surface area contributed by atoms with Crippen LogP contribution in [0.25, 0.3) is 0 Å². The molecule has 0 bridgehead atoms. The molecule has 5 heteroatoms. The van der Waals surface area contributed by atoms with Crippen LogP contribution in [0.2, 0.25) is 0 Å². The van der Waals surface area contributed by atoms with Gasteiger partial charge in [0, 0.05) is 7.05 Å². The van der Waals surface area contributed by atoms with Crippen LogP contribution in [0, 0.1) is 5.92 Å². The Hall–Kier alpha value is -0.840. The molecule has 0 aromatic carbocycles. The quantitative estimate of drug-likeness (QED) is 0.906. The van der Waals surface area contributed by atoms with E-state index in [-0.39, 0.29) is 5.69 Å². The first-order valence-electron chi connectivity index (χ1n) is 4.38. The number of carboxylic acid groups (broad SMARTS) is 1. The average Bonchev–Trinajstić information content (AvgIpc) is 2.25. The third kappa shape index (κ3) is 2.15. The zero-order valence-electron chi connectivity index (χ0n) is 8.41. The molecule has 0 fully saturated rings. The lowest BCUT2D eigenvalue weighted by Gasteiger charge is -2.00. The molecule has 0 radical (unpaired) electrons. The van der Waals surface area contributed by atoms with E-state index in [9.17, 15) is 4.79 Å². The second-order valence-electron chi connectivity index (χ2n) is 3.64. The van der Waals surface area contributed by atoms with Crippen molar-refractivity contribution in [2.24, 2.45) is 13.0 Å². The first kappa shape index (κ1) is 11.2. The lowest BCUT2D eigenvalue weighted by Crippen LogP contribution is -2.05. The molecule has 0 saturated carbocycles. The average molecular weight is 261 g/mol. The van der Waals surface area contributed by atoms with Gasteiger partial charge >= 0.3 is 5.97 Å². The van der Waals surface area contributed by atoms with E-state index in [2.05, 4.69) is 34.9 Å². The molecule has 0 aliphatic rings. The molecule has 0 unspecified atom stereocenters. The molecule has 0 atom stereocenters. The van der Waals surface area contributed by atoms with Crippen molar-refractivity contribution in [1.29, 1.82) is 0 Å². The van der Waals surface area contributed by atoms with Gasteiger partial charge in [0.15, 0.2) is 5.69 Å². The summed E-state index contributed by atoms with van der Waals surface area (Å²) in [6.45, 7) is 4.14. The topological polar surface area (TPSA) is 55.1 Å².